The summed E-state index contributed by atoms with van der Waals surface area (Å²) in [5.74, 6) is 3.61. The molecule has 1 spiro atoms. The van der Waals surface area contributed by atoms with Crippen LogP contribution in [0.4, 0.5) is 0 Å². The molecular formula is C23H30N2O2S. The van der Waals surface area contributed by atoms with Gasteiger partial charge in [0.1, 0.15) is 0 Å². The van der Waals surface area contributed by atoms with Crippen molar-refractivity contribution in [2.75, 3.05) is 12.3 Å². The largest absolute Gasteiger partial charge is 0.355 e. The van der Waals surface area contributed by atoms with Crippen LogP contribution < -0.4 is 10.6 Å². The van der Waals surface area contributed by atoms with E-state index in [-0.39, 0.29) is 28.2 Å². The highest BCUT2D eigenvalue weighted by atomic mass is 32.2. The highest BCUT2D eigenvalue weighted by molar-refractivity contribution is 7.98. The second-order valence-electron chi connectivity index (χ2n) is 9.77. The lowest BCUT2D eigenvalue weighted by atomic mass is 9.31. The lowest BCUT2D eigenvalue weighted by Crippen LogP contribution is -2.71. The summed E-state index contributed by atoms with van der Waals surface area (Å²) in [5.41, 5.74) is 2.51. The Hall–Kier alpha value is -1.49. The molecule has 0 aromatic heterocycles. The highest BCUT2D eigenvalue weighted by Crippen LogP contribution is 2.87. The molecule has 0 saturated heterocycles. The lowest BCUT2D eigenvalue weighted by molar-refractivity contribution is -0.237. The van der Waals surface area contributed by atoms with E-state index in [9.17, 15) is 9.59 Å². The van der Waals surface area contributed by atoms with Gasteiger partial charge in [0, 0.05) is 30.5 Å². The van der Waals surface area contributed by atoms with Crippen molar-refractivity contribution in [3.8, 4) is 0 Å². The third kappa shape index (κ3) is 2.44. The number of fused-ring (bicyclic) bond motifs is 1. The smallest absolute Gasteiger partial charge is 0.226 e. The molecule has 28 heavy (non-hydrogen) atoms. The van der Waals surface area contributed by atoms with Crippen molar-refractivity contribution >= 4 is 23.6 Å². The molecule has 1 aromatic rings. The summed E-state index contributed by atoms with van der Waals surface area (Å²) in [6, 6.07) is 8.67. The molecule has 0 aliphatic heterocycles. The van der Waals surface area contributed by atoms with Gasteiger partial charge in [0.15, 0.2) is 0 Å². The molecule has 5 rings (SSSR count). The molecule has 4 fully saturated rings. The molecule has 1 aromatic carbocycles. The first-order valence-corrected chi connectivity index (χ1v) is 11.8. The number of carbonyl (C=O) groups excluding carboxylic acids is 2. The number of thioether (sulfide) groups is 1. The molecule has 5 heteroatoms. The van der Waals surface area contributed by atoms with Crippen LogP contribution in [0.25, 0.3) is 0 Å². The number of carbonyl (C=O) groups is 2. The molecule has 5 atom stereocenters. The van der Waals surface area contributed by atoms with E-state index < -0.39 is 0 Å². The molecule has 2 amide bonds. The van der Waals surface area contributed by atoms with Crippen molar-refractivity contribution < 1.29 is 9.59 Å². The normalized spacial score (nSPS) is 38.9. The monoisotopic (exact) mass is 398 g/mol. The summed E-state index contributed by atoms with van der Waals surface area (Å²) in [6.07, 6.45) is 5.28. The zero-order valence-electron chi connectivity index (χ0n) is 16.8. The predicted octanol–water partition coefficient (Wildman–Crippen LogP) is 3.43. The maximum absolute atomic E-state index is 13.2. The first-order valence-electron chi connectivity index (χ1n) is 10.6. The van der Waals surface area contributed by atoms with E-state index >= 15 is 0 Å². The van der Waals surface area contributed by atoms with Crippen LogP contribution in [-0.4, -0.2) is 29.7 Å². The Morgan fingerprint density at radius 3 is 2.61 bits per heavy atom. The number of amides is 2. The van der Waals surface area contributed by atoms with Crippen LogP contribution in [0, 0.1) is 29.6 Å². The van der Waals surface area contributed by atoms with Crippen molar-refractivity contribution in [1.29, 1.82) is 0 Å². The van der Waals surface area contributed by atoms with Gasteiger partial charge in [-0.05, 0) is 61.8 Å². The number of hydrogen-bond acceptors (Lipinski definition) is 3. The minimum Gasteiger partial charge on any atom is -0.355 e. The van der Waals surface area contributed by atoms with Crippen LogP contribution in [-0.2, 0) is 15.3 Å². The number of benzene rings is 1. The Kier molecular flexibility index (Phi) is 4.14. The van der Waals surface area contributed by atoms with Crippen molar-refractivity contribution in [1.82, 2.24) is 10.6 Å². The van der Waals surface area contributed by atoms with Crippen LogP contribution >= 0.6 is 11.8 Å². The zero-order valence-corrected chi connectivity index (χ0v) is 17.7. The highest BCUT2D eigenvalue weighted by Gasteiger charge is 2.86. The zero-order chi connectivity index (χ0) is 19.6. The quantitative estimate of drug-likeness (QED) is 0.692. The number of aryl methyl sites for hydroxylation is 1. The van der Waals surface area contributed by atoms with Gasteiger partial charge in [0.2, 0.25) is 11.8 Å². The maximum atomic E-state index is 13.2. The minimum atomic E-state index is -0.205. The van der Waals surface area contributed by atoms with Crippen molar-refractivity contribution in [2.24, 2.45) is 22.7 Å². The predicted molar refractivity (Wildman–Crippen MR) is 112 cm³/mol. The number of nitrogens with one attached hydrogen (secondary N) is 2. The molecular weight excluding hydrogens is 368 g/mol. The van der Waals surface area contributed by atoms with Gasteiger partial charge in [-0.3, -0.25) is 9.59 Å². The topological polar surface area (TPSA) is 58.2 Å². The Balaban J connectivity index is 1.16. The summed E-state index contributed by atoms with van der Waals surface area (Å²) in [5, 5.41) is 6.52. The summed E-state index contributed by atoms with van der Waals surface area (Å²) in [7, 11) is 0. The van der Waals surface area contributed by atoms with E-state index in [1.807, 2.05) is 11.8 Å². The minimum absolute atomic E-state index is 0.0543. The molecule has 4 saturated carbocycles. The van der Waals surface area contributed by atoms with Crippen LogP contribution in [0.15, 0.2) is 24.3 Å². The van der Waals surface area contributed by atoms with Gasteiger partial charge in [0.05, 0.1) is 5.41 Å². The molecule has 0 radical (unpaired) electrons. The molecule has 150 valence electrons. The third-order valence-corrected chi connectivity index (χ3v) is 9.25. The van der Waals surface area contributed by atoms with Gasteiger partial charge in [0.25, 0.3) is 0 Å². The van der Waals surface area contributed by atoms with E-state index in [4.69, 9.17) is 0 Å². The molecule has 4 aliphatic rings. The fourth-order valence-corrected chi connectivity index (χ4v) is 8.24. The van der Waals surface area contributed by atoms with Gasteiger partial charge in [-0.1, -0.05) is 29.8 Å². The lowest BCUT2D eigenvalue weighted by Gasteiger charge is -2.71. The van der Waals surface area contributed by atoms with E-state index in [0.717, 1.165) is 49.7 Å². The van der Waals surface area contributed by atoms with Crippen LogP contribution in [0.3, 0.4) is 0 Å². The van der Waals surface area contributed by atoms with Gasteiger partial charge in [-0.15, -0.1) is 0 Å². The SMILES string of the molecule is CC(=O)NC12CC3C[C@H]4CC(C(=O)NCCSCc5ccc(C)cc5)(C1)C34C2. The fraction of sp³-hybridized carbons (Fsp3) is 0.652. The van der Waals surface area contributed by atoms with E-state index in [2.05, 4.69) is 41.8 Å². The average Bonchev–Trinajstić information content (AvgIpc) is 3.06. The number of rotatable bonds is 7. The Bertz CT molecular complexity index is 824. The van der Waals surface area contributed by atoms with Gasteiger partial charge >= 0.3 is 0 Å². The Morgan fingerprint density at radius 1 is 1.14 bits per heavy atom. The standard InChI is InChI=1S/C23H30N2O2S/c1-15-3-5-17(6-4-15)12-28-8-7-24-20(27)22-11-19-9-18-10-21(13-22,25-16(2)26)14-23(18,19)22/h3-6,18-19H,7-14H2,1-2H3,(H,24,27)(H,25,26)/t18?,19-,21?,22?,23?/m0/s1. The second-order valence-corrected chi connectivity index (χ2v) is 10.9. The Morgan fingerprint density at radius 2 is 1.89 bits per heavy atom. The summed E-state index contributed by atoms with van der Waals surface area (Å²) < 4.78 is 0. The summed E-state index contributed by atoms with van der Waals surface area (Å²) in [4.78, 5) is 25.0. The molecule has 4 aliphatic carbocycles. The van der Waals surface area contributed by atoms with Crippen LogP contribution in [0.1, 0.15) is 50.2 Å². The van der Waals surface area contributed by atoms with Crippen molar-refractivity contribution in [3.05, 3.63) is 35.4 Å². The molecule has 2 N–H and O–H groups in total. The van der Waals surface area contributed by atoms with E-state index in [0.29, 0.717) is 5.92 Å². The second kappa shape index (κ2) is 6.25. The van der Waals surface area contributed by atoms with Crippen molar-refractivity contribution in [3.63, 3.8) is 0 Å². The maximum Gasteiger partial charge on any atom is 0.226 e. The first kappa shape index (κ1) is 18.5. The molecule has 2 bridgehead atoms. The fourth-order valence-electron chi connectivity index (χ4n) is 7.42. The van der Waals surface area contributed by atoms with Crippen LogP contribution in [0.2, 0.25) is 0 Å². The Labute approximate surface area is 171 Å². The molecule has 4 unspecified atom stereocenters. The van der Waals surface area contributed by atoms with Gasteiger partial charge in [-0.2, -0.15) is 11.8 Å². The molecule has 0 heterocycles. The summed E-state index contributed by atoms with van der Waals surface area (Å²) >= 11 is 1.87. The molecule has 4 nitrogen and oxygen atoms in total. The van der Waals surface area contributed by atoms with Gasteiger partial charge < -0.3 is 10.6 Å². The summed E-state index contributed by atoms with van der Waals surface area (Å²) in [6.45, 7) is 4.45. The third-order valence-electron chi connectivity index (χ3n) is 8.22. The first-order chi connectivity index (χ1) is 13.4. The van der Waals surface area contributed by atoms with E-state index in [1.165, 1.54) is 17.5 Å². The van der Waals surface area contributed by atoms with Crippen LogP contribution in [0.5, 0.6) is 0 Å². The van der Waals surface area contributed by atoms with E-state index in [1.54, 1.807) is 6.92 Å². The average molecular weight is 399 g/mol. The van der Waals surface area contributed by atoms with Gasteiger partial charge in [-0.25, -0.2) is 0 Å². The number of hydrogen-bond donors (Lipinski definition) is 2. The van der Waals surface area contributed by atoms with Crippen molar-refractivity contribution in [2.45, 2.75) is 57.2 Å².